The molecule has 0 saturated carbocycles. The summed E-state index contributed by atoms with van der Waals surface area (Å²) in [6, 6.07) is 9.62. The van der Waals surface area contributed by atoms with Gasteiger partial charge in [0.05, 0.1) is 19.0 Å². The molecule has 2 aromatic carbocycles. The lowest BCUT2D eigenvalue weighted by atomic mass is 10.1. The fourth-order valence-corrected chi connectivity index (χ4v) is 4.73. The highest BCUT2D eigenvalue weighted by Crippen LogP contribution is 2.34. The molecule has 0 bridgehead atoms. The number of carbonyl (C=O) groups is 3. The number of nitrogens with zero attached hydrogens (tertiary/aromatic N) is 4. The highest BCUT2D eigenvalue weighted by Gasteiger charge is 2.31. The highest BCUT2D eigenvalue weighted by atomic mass is 32.1. The Kier molecular flexibility index (Phi) is 7.73. The molecule has 206 valence electrons. The Balaban J connectivity index is 1.22. The molecule has 0 radical (unpaired) electrons. The van der Waals surface area contributed by atoms with E-state index in [0.717, 1.165) is 10.2 Å². The number of likely N-dealkylation sites (N-methyl/N-ethyl adjacent to an activating group) is 1. The molecule has 0 fully saturated rings. The minimum absolute atomic E-state index is 0.0883. The standard InChI is InChI=1S/C27H24FN5O6S/c1-32-22-10-19(38-14-24-30-21(15-40-24)26(35)37-2)6-7-23(22)39-13-20(25(32)34)31-27(36)33-12-17(11-29-33)8-16-4-3-5-18(28)9-16/h3-7,9-12,15,20H,8,13-14H2,1-2H3,(H,31,36)/t20-/m0/s1. The summed E-state index contributed by atoms with van der Waals surface area (Å²) in [7, 11) is 2.86. The maximum atomic E-state index is 13.5. The van der Waals surface area contributed by atoms with Crippen LogP contribution >= 0.6 is 11.3 Å². The van der Waals surface area contributed by atoms with Gasteiger partial charge in [0.2, 0.25) is 0 Å². The number of carbonyl (C=O) groups excluding carboxylic acids is 3. The molecule has 5 rings (SSSR count). The van der Waals surface area contributed by atoms with Crippen molar-refractivity contribution in [2.45, 2.75) is 19.1 Å². The molecule has 4 aromatic rings. The second-order valence-corrected chi connectivity index (χ2v) is 9.79. The largest absolute Gasteiger partial charge is 0.489 e. The monoisotopic (exact) mass is 565 g/mol. The predicted octanol–water partition coefficient (Wildman–Crippen LogP) is 3.42. The number of anilines is 1. The van der Waals surface area contributed by atoms with Crippen LogP contribution in [0.1, 0.15) is 26.6 Å². The second-order valence-electron chi connectivity index (χ2n) is 8.85. The first-order chi connectivity index (χ1) is 19.3. The normalized spacial score (nSPS) is 14.6. The third-order valence-corrected chi connectivity index (χ3v) is 6.90. The molecule has 40 heavy (non-hydrogen) atoms. The molecule has 0 unspecified atom stereocenters. The molecule has 2 aromatic heterocycles. The van der Waals surface area contributed by atoms with E-state index in [4.69, 9.17) is 9.47 Å². The number of esters is 1. The van der Waals surface area contributed by atoms with Crippen LogP contribution in [0.3, 0.4) is 0 Å². The van der Waals surface area contributed by atoms with Gasteiger partial charge in [-0.3, -0.25) is 4.79 Å². The van der Waals surface area contributed by atoms with Crippen LogP contribution in [0.15, 0.2) is 60.2 Å². The van der Waals surface area contributed by atoms with Crippen LogP contribution in [0.25, 0.3) is 0 Å². The highest BCUT2D eigenvalue weighted by molar-refractivity contribution is 7.09. The van der Waals surface area contributed by atoms with Crippen molar-refractivity contribution in [1.82, 2.24) is 20.1 Å². The summed E-state index contributed by atoms with van der Waals surface area (Å²) in [5.74, 6) is -0.352. The third-order valence-electron chi connectivity index (χ3n) is 6.07. The topological polar surface area (TPSA) is 125 Å². The van der Waals surface area contributed by atoms with Crippen LogP contribution in [0.5, 0.6) is 11.5 Å². The molecule has 13 heteroatoms. The number of methoxy groups -OCH3 is 1. The first kappa shape index (κ1) is 26.8. The summed E-state index contributed by atoms with van der Waals surface area (Å²) >= 11 is 1.26. The van der Waals surface area contributed by atoms with Crippen LogP contribution in [0.4, 0.5) is 14.9 Å². The van der Waals surface area contributed by atoms with Crippen molar-refractivity contribution in [3.05, 3.63) is 87.9 Å². The van der Waals surface area contributed by atoms with E-state index >= 15 is 0 Å². The molecule has 3 heterocycles. The molecular formula is C27H24FN5O6S. The summed E-state index contributed by atoms with van der Waals surface area (Å²) < 4.78 is 30.9. The lowest BCUT2D eigenvalue weighted by Crippen LogP contribution is -2.50. The zero-order chi connectivity index (χ0) is 28.2. The molecular weight excluding hydrogens is 541 g/mol. The molecule has 2 amide bonds. The van der Waals surface area contributed by atoms with Gasteiger partial charge < -0.3 is 24.4 Å². The minimum Gasteiger partial charge on any atom is -0.489 e. The van der Waals surface area contributed by atoms with Gasteiger partial charge in [-0.25, -0.2) is 19.0 Å². The molecule has 1 aliphatic rings. The molecule has 1 aliphatic heterocycles. The van der Waals surface area contributed by atoms with Gasteiger partial charge in [-0.15, -0.1) is 11.3 Å². The fraction of sp³-hybridized carbons (Fsp3) is 0.222. The summed E-state index contributed by atoms with van der Waals surface area (Å²) in [6.45, 7) is 0.0255. The number of benzene rings is 2. The van der Waals surface area contributed by atoms with Gasteiger partial charge in [0.15, 0.2) is 5.69 Å². The number of ether oxygens (including phenoxy) is 3. The average molecular weight is 566 g/mol. The van der Waals surface area contributed by atoms with Crippen molar-refractivity contribution >= 4 is 34.9 Å². The van der Waals surface area contributed by atoms with Crippen LogP contribution in [0, 0.1) is 5.82 Å². The van der Waals surface area contributed by atoms with E-state index in [1.807, 2.05) is 0 Å². The third kappa shape index (κ3) is 5.94. The minimum atomic E-state index is -0.975. The average Bonchev–Trinajstić information content (AvgIpc) is 3.61. The van der Waals surface area contributed by atoms with Gasteiger partial charge in [0, 0.05) is 31.1 Å². The van der Waals surface area contributed by atoms with Gasteiger partial charge in [0.25, 0.3) is 5.91 Å². The maximum Gasteiger partial charge on any atom is 0.357 e. The van der Waals surface area contributed by atoms with Gasteiger partial charge in [0.1, 0.15) is 41.6 Å². The van der Waals surface area contributed by atoms with Crippen molar-refractivity contribution in [3.8, 4) is 11.5 Å². The number of halogens is 1. The SMILES string of the molecule is COC(=O)c1csc(COc2ccc3c(c2)N(C)C(=O)[C@@H](NC(=O)n2cc(Cc4cccc(F)c4)cn2)CO3)n1. The number of amides is 2. The van der Waals surface area contributed by atoms with Crippen LogP contribution < -0.4 is 19.7 Å². The fourth-order valence-electron chi connectivity index (χ4n) is 4.05. The Morgan fingerprint density at radius 1 is 1.23 bits per heavy atom. The molecule has 11 nitrogen and oxygen atoms in total. The zero-order valence-corrected chi connectivity index (χ0v) is 22.3. The summed E-state index contributed by atoms with van der Waals surface area (Å²) in [6.07, 6.45) is 3.44. The van der Waals surface area contributed by atoms with E-state index in [-0.39, 0.29) is 30.6 Å². The number of rotatable bonds is 7. The van der Waals surface area contributed by atoms with Crippen molar-refractivity contribution in [3.63, 3.8) is 0 Å². The molecule has 1 atom stereocenters. The van der Waals surface area contributed by atoms with E-state index in [1.165, 1.54) is 47.9 Å². The van der Waals surface area contributed by atoms with Crippen molar-refractivity contribution in [2.75, 3.05) is 25.7 Å². The second kappa shape index (κ2) is 11.5. The molecule has 0 saturated heterocycles. The molecule has 0 spiro atoms. The number of hydrogen-bond donors (Lipinski definition) is 1. The lowest BCUT2D eigenvalue weighted by Gasteiger charge is -2.20. The van der Waals surface area contributed by atoms with Crippen molar-refractivity contribution in [1.29, 1.82) is 0 Å². The zero-order valence-electron chi connectivity index (χ0n) is 21.5. The predicted molar refractivity (Wildman–Crippen MR) is 142 cm³/mol. The van der Waals surface area contributed by atoms with E-state index in [1.54, 1.807) is 42.8 Å². The van der Waals surface area contributed by atoms with E-state index < -0.39 is 18.0 Å². The van der Waals surface area contributed by atoms with Crippen LogP contribution in [0.2, 0.25) is 0 Å². The van der Waals surface area contributed by atoms with Gasteiger partial charge in [-0.2, -0.15) is 9.78 Å². The maximum absolute atomic E-state index is 13.5. The quantitative estimate of drug-likeness (QED) is 0.338. The van der Waals surface area contributed by atoms with Gasteiger partial charge >= 0.3 is 12.0 Å². The smallest absolute Gasteiger partial charge is 0.357 e. The first-order valence-corrected chi connectivity index (χ1v) is 13.0. The van der Waals surface area contributed by atoms with Gasteiger partial charge in [-0.1, -0.05) is 12.1 Å². The van der Waals surface area contributed by atoms with Crippen LogP contribution in [-0.2, 0) is 22.6 Å². The number of nitrogens with one attached hydrogen (secondary N) is 1. The van der Waals surface area contributed by atoms with Crippen molar-refractivity contribution in [2.24, 2.45) is 0 Å². The molecule has 0 aliphatic carbocycles. The Labute approximate surface area is 232 Å². The van der Waals surface area contributed by atoms with E-state index in [9.17, 15) is 18.8 Å². The summed E-state index contributed by atoms with van der Waals surface area (Å²) in [4.78, 5) is 43.2. The van der Waals surface area contributed by atoms with Crippen LogP contribution in [-0.4, -0.2) is 59.5 Å². The number of hydrogen-bond acceptors (Lipinski definition) is 9. The van der Waals surface area contributed by atoms with Gasteiger partial charge in [-0.05, 0) is 35.4 Å². The Bertz CT molecular complexity index is 1570. The molecule has 1 N–H and O–H groups in total. The van der Waals surface area contributed by atoms with E-state index in [0.29, 0.717) is 34.2 Å². The van der Waals surface area contributed by atoms with E-state index in [2.05, 4.69) is 20.1 Å². The van der Waals surface area contributed by atoms with Crippen molar-refractivity contribution < 1.29 is 33.0 Å². The Hall–Kier alpha value is -4.78. The number of aromatic nitrogens is 3. The Morgan fingerprint density at radius 2 is 2.08 bits per heavy atom. The first-order valence-electron chi connectivity index (χ1n) is 12.1. The number of fused-ring (bicyclic) bond motifs is 1. The number of thiazole rings is 1. The summed E-state index contributed by atoms with van der Waals surface area (Å²) in [5, 5.41) is 8.91. The lowest BCUT2D eigenvalue weighted by molar-refractivity contribution is -0.120. The Morgan fingerprint density at radius 3 is 2.88 bits per heavy atom. The summed E-state index contributed by atoms with van der Waals surface area (Å²) in [5.41, 5.74) is 2.12.